The second-order valence-corrected chi connectivity index (χ2v) is 8.41. The fraction of sp³-hybridized carbons (Fsp3) is 0.458. The number of aromatic nitrogens is 3. The Kier molecular flexibility index (Phi) is 6.60. The van der Waals surface area contributed by atoms with Crippen LogP contribution in [0.5, 0.6) is 0 Å². The number of ether oxygens (including phenoxy) is 1. The molecule has 8 heteroatoms. The van der Waals surface area contributed by atoms with Crippen molar-refractivity contribution in [1.82, 2.24) is 20.1 Å². The van der Waals surface area contributed by atoms with Crippen molar-refractivity contribution in [2.24, 2.45) is 0 Å². The first-order valence-electron chi connectivity index (χ1n) is 11.2. The number of carbonyl (C=O) groups is 1. The number of hydrogen-bond acceptors (Lipinski definition) is 6. The van der Waals surface area contributed by atoms with Crippen LogP contribution >= 0.6 is 0 Å². The van der Waals surface area contributed by atoms with Crippen LogP contribution in [0, 0.1) is 6.92 Å². The molecule has 0 aliphatic carbocycles. The van der Waals surface area contributed by atoms with Gasteiger partial charge in [0.05, 0.1) is 17.3 Å². The number of nitrogens with zero attached hydrogens (tertiary/aromatic N) is 4. The van der Waals surface area contributed by atoms with Crippen molar-refractivity contribution in [3.05, 3.63) is 47.3 Å². The predicted octanol–water partition coefficient (Wildman–Crippen LogP) is 3.35. The van der Waals surface area contributed by atoms with Crippen molar-refractivity contribution in [1.29, 1.82) is 0 Å². The van der Waals surface area contributed by atoms with Gasteiger partial charge in [0, 0.05) is 68.9 Å². The molecule has 0 saturated carbocycles. The average molecular weight is 437 g/mol. The van der Waals surface area contributed by atoms with Gasteiger partial charge in [-0.15, -0.1) is 0 Å². The van der Waals surface area contributed by atoms with E-state index in [1.54, 1.807) is 0 Å². The third-order valence-electron chi connectivity index (χ3n) is 6.01. The molecular weight excluding hydrogens is 404 g/mol. The zero-order valence-corrected chi connectivity index (χ0v) is 19.3. The van der Waals surface area contributed by atoms with Gasteiger partial charge < -0.3 is 20.3 Å². The lowest BCUT2D eigenvalue weighted by Crippen LogP contribution is -2.30. The Morgan fingerprint density at radius 1 is 1.28 bits per heavy atom. The monoisotopic (exact) mass is 436 g/mol. The highest BCUT2D eigenvalue weighted by molar-refractivity contribution is 5.96. The molecular formula is C24H32N6O2. The van der Waals surface area contributed by atoms with Crippen LogP contribution in [0.25, 0.3) is 11.0 Å². The van der Waals surface area contributed by atoms with E-state index in [0.29, 0.717) is 18.2 Å². The molecule has 1 amide bonds. The zero-order valence-electron chi connectivity index (χ0n) is 19.3. The normalized spacial score (nSPS) is 14.5. The Labute approximate surface area is 189 Å². The van der Waals surface area contributed by atoms with E-state index in [0.717, 1.165) is 66.3 Å². The Morgan fingerprint density at radius 3 is 2.78 bits per heavy atom. The summed E-state index contributed by atoms with van der Waals surface area (Å²) in [5.74, 6) is -0.102. The molecule has 0 unspecified atom stereocenters. The number of amides is 1. The van der Waals surface area contributed by atoms with E-state index in [2.05, 4.69) is 22.7 Å². The lowest BCUT2D eigenvalue weighted by atomic mass is 10.0. The third kappa shape index (κ3) is 4.55. The van der Waals surface area contributed by atoms with Crippen LogP contribution in [0.1, 0.15) is 41.4 Å². The minimum absolute atomic E-state index is 0.102. The van der Waals surface area contributed by atoms with E-state index in [1.807, 2.05) is 61.1 Å². The molecule has 0 atom stereocenters. The van der Waals surface area contributed by atoms with Crippen LogP contribution in [0.4, 0.5) is 11.4 Å². The molecule has 0 radical (unpaired) electrons. The molecule has 1 fully saturated rings. The standard InChI is InChI=1S/C24H32N6O2/c1-5-30-23-21(15-26-30)22(28-18-9-11-32-12-10-18)20(16(2)27-23)14-25-24(31)17-7-6-8-19(13-17)29(3)4/h6-8,13,15,18H,5,9-12,14H2,1-4H3,(H,25,31)(H,27,28). The summed E-state index contributed by atoms with van der Waals surface area (Å²) in [6.45, 7) is 6.72. The molecule has 170 valence electrons. The zero-order chi connectivity index (χ0) is 22.7. The van der Waals surface area contributed by atoms with Crippen molar-refractivity contribution in [3.8, 4) is 0 Å². The van der Waals surface area contributed by atoms with Crippen molar-refractivity contribution in [3.63, 3.8) is 0 Å². The lowest BCUT2D eigenvalue weighted by molar-refractivity contribution is 0.0904. The predicted molar refractivity (Wildman–Crippen MR) is 127 cm³/mol. The first kappa shape index (κ1) is 22.1. The van der Waals surface area contributed by atoms with Crippen molar-refractivity contribution in [2.75, 3.05) is 37.5 Å². The molecule has 3 heterocycles. The number of rotatable bonds is 7. The Morgan fingerprint density at radius 2 is 2.06 bits per heavy atom. The Bertz CT molecular complexity index is 1100. The van der Waals surface area contributed by atoms with Gasteiger partial charge in [-0.2, -0.15) is 5.10 Å². The molecule has 8 nitrogen and oxygen atoms in total. The number of carbonyl (C=O) groups excluding carboxylic acids is 1. The summed E-state index contributed by atoms with van der Waals surface area (Å²) in [5.41, 5.74) is 5.41. The van der Waals surface area contributed by atoms with Crippen LogP contribution in [-0.4, -0.2) is 54.0 Å². The second kappa shape index (κ2) is 9.56. The Balaban J connectivity index is 1.63. The molecule has 1 saturated heterocycles. The molecule has 0 spiro atoms. The molecule has 2 N–H and O–H groups in total. The van der Waals surface area contributed by atoms with Crippen LogP contribution in [-0.2, 0) is 17.8 Å². The number of fused-ring (bicyclic) bond motifs is 1. The highest BCUT2D eigenvalue weighted by Gasteiger charge is 2.21. The van der Waals surface area contributed by atoms with Gasteiger partial charge in [-0.25, -0.2) is 9.67 Å². The van der Waals surface area contributed by atoms with Gasteiger partial charge >= 0.3 is 0 Å². The summed E-state index contributed by atoms with van der Waals surface area (Å²) in [6.07, 6.45) is 3.78. The molecule has 32 heavy (non-hydrogen) atoms. The minimum atomic E-state index is -0.102. The number of pyridine rings is 1. The molecule has 3 aromatic rings. The first-order chi connectivity index (χ1) is 15.5. The van der Waals surface area contributed by atoms with E-state index < -0.39 is 0 Å². The average Bonchev–Trinajstić information content (AvgIpc) is 3.21. The van der Waals surface area contributed by atoms with Crippen LogP contribution in [0.2, 0.25) is 0 Å². The summed E-state index contributed by atoms with van der Waals surface area (Å²) < 4.78 is 7.43. The van der Waals surface area contributed by atoms with E-state index >= 15 is 0 Å². The molecule has 1 aliphatic rings. The topological polar surface area (TPSA) is 84.3 Å². The van der Waals surface area contributed by atoms with Crippen LogP contribution < -0.4 is 15.5 Å². The summed E-state index contributed by atoms with van der Waals surface area (Å²) >= 11 is 0. The smallest absolute Gasteiger partial charge is 0.251 e. The van der Waals surface area contributed by atoms with E-state index in [1.165, 1.54) is 0 Å². The van der Waals surface area contributed by atoms with E-state index in [-0.39, 0.29) is 5.91 Å². The number of benzene rings is 1. The van der Waals surface area contributed by atoms with Gasteiger partial charge in [-0.05, 0) is 44.9 Å². The van der Waals surface area contributed by atoms with E-state index in [4.69, 9.17) is 9.72 Å². The Hall–Kier alpha value is -3.13. The fourth-order valence-electron chi connectivity index (χ4n) is 4.10. The maximum Gasteiger partial charge on any atom is 0.251 e. The lowest BCUT2D eigenvalue weighted by Gasteiger charge is -2.26. The van der Waals surface area contributed by atoms with Crippen LogP contribution in [0.3, 0.4) is 0 Å². The summed E-state index contributed by atoms with van der Waals surface area (Å²) in [5, 5.41) is 12.3. The van der Waals surface area contributed by atoms with Crippen LogP contribution in [0.15, 0.2) is 30.5 Å². The van der Waals surface area contributed by atoms with Gasteiger partial charge in [0.15, 0.2) is 5.65 Å². The quantitative estimate of drug-likeness (QED) is 0.591. The minimum Gasteiger partial charge on any atom is -0.381 e. The van der Waals surface area contributed by atoms with Gasteiger partial charge in [-0.1, -0.05) is 6.07 Å². The first-order valence-corrected chi connectivity index (χ1v) is 11.2. The second-order valence-electron chi connectivity index (χ2n) is 8.41. The molecule has 4 rings (SSSR count). The van der Waals surface area contributed by atoms with E-state index in [9.17, 15) is 4.79 Å². The summed E-state index contributed by atoms with van der Waals surface area (Å²) in [4.78, 5) is 19.7. The summed E-state index contributed by atoms with van der Waals surface area (Å²) in [6, 6.07) is 7.95. The van der Waals surface area contributed by atoms with Gasteiger partial charge in [0.1, 0.15) is 0 Å². The number of nitrogens with one attached hydrogen (secondary N) is 2. The fourth-order valence-corrected chi connectivity index (χ4v) is 4.10. The van der Waals surface area contributed by atoms with Crippen molar-refractivity contribution < 1.29 is 9.53 Å². The maximum absolute atomic E-state index is 12.9. The molecule has 1 aliphatic heterocycles. The number of anilines is 2. The van der Waals surface area contributed by atoms with Crippen molar-refractivity contribution >= 4 is 28.3 Å². The highest BCUT2D eigenvalue weighted by Crippen LogP contribution is 2.30. The third-order valence-corrected chi connectivity index (χ3v) is 6.01. The number of aryl methyl sites for hydroxylation is 2. The van der Waals surface area contributed by atoms with Gasteiger partial charge in [0.25, 0.3) is 5.91 Å². The SMILES string of the molecule is CCn1ncc2c(NC3CCOCC3)c(CNC(=O)c3cccc(N(C)C)c3)c(C)nc21. The molecule has 2 aromatic heterocycles. The highest BCUT2D eigenvalue weighted by atomic mass is 16.5. The van der Waals surface area contributed by atoms with Gasteiger partial charge in [-0.3, -0.25) is 4.79 Å². The van der Waals surface area contributed by atoms with Crippen molar-refractivity contribution in [2.45, 2.75) is 45.8 Å². The summed E-state index contributed by atoms with van der Waals surface area (Å²) in [7, 11) is 3.93. The molecule has 0 bridgehead atoms. The maximum atomic E-state index is 12.9. The van der Waals surface area contributed by atoms with Gasteiger partial charge in [0.2, 0.25) is 0 Å². The molecule has 1 aromatic carbocycles. The number of hydrogen-bond donors (Lipinski definition) is 2. The largest absolute Gasteiger partial charge is 0.381 e.